The van der Waals surface area contributed by atoms with E-state index in [1.165, 1.54) is 18.4 Å². The smallest absolute Gasteiger partial charge is 0.161 e. The fourth-order valence-electron chi connectivity index (χ4n) is 2.18. The molecular weight excluding hydrogens is 263 g/mol. The first-order chi connectivity index (χ1) is 9.63. The van der Waals surface area contributed by atoms with Crippen molar-refractivity contribution >= 4 is 5.69 Å². The van der Waals surface area contributed by atoms with Crippen molar-refractivity contribution < 1.29 is 13.2 Å². The molecule has 0 amide bonds. The number of benzene rings is 2. The molecule has 0 aromatic heterocycles. The van der Waals surface area contributed by atoms with Gasteiger partial charge < -0.3 is 5.32 Å². The average molecular weight is 277 g/mol. The lowest BCUT2D eigenvalue weighted by atomic mass is 10.1. The SMILES string of the molecule is Fc1cc(F)c(NCc2ccc(C3CC3)cc2)cc1F. The molecule has 2 aromatic rings. The van der Waals surface area contributed by atoms with E-state index in [-0.39, 0.29) is 5.69 Å². The molecule has 104 valence electrons. The van der Waals surface area contributed by atoms with Crippen LogP contribution in [-0.2, 0) is 6.54 Å². The summed E-state index contributed by atoms with van der Waals surface area (Å²) in [7, 11) is 0. The molecule has 2 aromatic carbocycles. The van der Waals surface area contributed by atoms with Crippen molar-refractivity contribution in [2.24, 2.45) is 0 Å². The second-order valence-corrected chi connectivity index (χ2v) is 5.12. The zero-order valence-corrected chi connectivity index (χ0v) is 10.8. The minimum absolute atomic E-state index is 0.0323. The normalized spacial score (nSPS) is 14.3. The first-order valence-corrected chi connectivity index (χ1v) is 6.61. The molecule has 20 heavy (non-hydrogen) atoms. The Balaban J connectivity index is 1.68. The number of hydrogen-bond acceptors (Lipinski definition) is 1. The van der Waals surface area contributed by atoms with Gasteiger partial charge in [-0.3, -0.25) is 0 Å². The summed E-state index contributed by atoms with van der Waals surface area (Å²) in [6.45, 7) is 0.368. The van der Waals surface area contributed by atoms with Gasteiger partial charge in [-0.15, -0.1) is 0 Å². The molecule has 1 nitrogen and oxygen atoms in total. The van der Waals surface area contributed by atoms with E-state index in [0.29, 0.717) is 18.5 Å². The molecule has 0 radical (unpaired) electrons. The maximum atomic E-state index is 13.4. The molecule has 0 saturated heterocycles. The zero-order valence-electron chi connectivity index (χ0n) is 10.8. The Labute approximate surface area is 115 Å². The third kappa shape index (κ3) is 2.79. The van der Waals surface area contributed by atoms with Crippen LogP contribution in [0, 0.1) is 17.5 Å². The molecule has 0 unspecified atom stereocenters. The van der Waals surface area contributed by atoms with Crippen LogP contribution in [0.5, 0.6) is 0 Å². The molecule has 0 spiro atoms. The molecule has 1 N–H and O–H groups in total. The third-order valence-electron chi connectivity index (χ3n) is 3.52. The molecule has 4 heteroatoms. The van der Waals surface area contributed by atoms with Crippen LogP contribution in [0.4, 0.5) is 18.9 Å². The highest BCUT2D eigenvalue weighted by Gasteiger charge is 2.22. The van der Waals surface area contributed by atoms with Gasteiger partial charge in [-0.1, -0.05) is 24.3 Å². The highest BCUT2D eigenvalue weighted by Crippen LogP contribution is 2.39. The van der Waals surface area contributed by atoms with E-state index < -0.39 is 17.5 Å². The molecule has 0 aliphatic heterocycles. The average Bonchev–Trinajstić information content (AvgIpc) is 3.26. The molecule has 0 bridgehead atoms. The van der Waals surface area contributed by atoms with Gasteiger partial charge in [0.05, 0.1) is 5.69 Å². The molecule has 0 atom stereocenters. The number of anilines is 1. The van der Waals surface area contributed by atoms with Crippen molar-refractivity contribution in [3.05, 3.63) is 65.0 Å². The van der Waals surface area contributed by atoms with Gasteiger partial charge in [0.2, 0.25) is 0 Å². The number of hydrogen-bond donors (Lipinski definition) is 1. The van der Waals surface area contributed by atoms with Crippen LogP contribution in [0.15, 0.2) is 36.4 Å². The fourth-order valence-corrected chi connectivity index (χ4v) is 2.18. The number of nitrogens with one attached hydrogen (secondary N) is 1. The highest BCUT2D eigenvalue weighted by atomic mass is 19.2. The van der Waals surface area contributed by atoms with E-state index in [0.717, 1.165) is 11.6 Å². The van der Waals surface area contributed by atoms with Gasteiger partial charge in [-0.25, -0.2) is 13.2 Å². The first kappa shape index (κ1) is 13.0. The predicted molar refractivity (Wildman–Crippen MR) is 72.1 cm³/mol. The molecule has 0 heterocycles. The van der Waals surface area contributed by atoms with Gasteiger partial charge in [-0.2, -0.15) is 0 Å². The Morgan fingerprint density at radius 3 is 2.20 bits per heavy atom. The molecule has 1 aliphatic rings. The summed E-state index contributed by atoms with van der Waals surface area (Å²) < 4.78 is 39.3. The van der Waals surface area contributed by atoms with Crippen LogP contribution >= 0.6 is 0 Å². The van der Waals surface area contributed by atoms with Crippen LogP contribution in [0.2, 0.25) is 0 Å². The van der Waals surface area contributed by atoms with Gasteiger partial charge >= 0.3 is 0 Å². The molecular formula is C16H14F3N. The summed E-state index contributed by atoms with van der Waals surface area (Å²) in [6.07, 6.45) is 2.50. The van der Waals surface area contributed by atoms with Crippen molar-refractivity contribution in [2.75, 3.05) is 5.32 Å². The molecule has 3 rings (SSSR count). The quantitative estimate of drug-likeness (QED) is 0.806. The predicted octanol–water partition coefficient (Wildman–Crippen LogP) is 4.59. The lowest BCUT2D eigenvalue weighted by molar-refractivity contribution is 0.496. The van der Waals surface area contributed by atoms with E-state index in [9.17, 15) is 13.2 Å². The second-order valence-electron chi connectivity index (χ2n) is 5.12. The minimum atomic E-state index is -1.18. The van der Waals surface area contributed by atoms with Crippen molar-refractivity contribution in [3.63, 3.8) is 0 Å². The topological polar surface area (TPSA) is 12.0 Å². The van der Waals surface area contributed by atoms with Crippen LogP contribution in [0.3, 0.4) is 0 Å². The van der Waals surface area contributed by atoms with Crippen molar-refractivity contribution in [3.8, 4) is 0 Å². The van der Waals surface area contributed by atoms with E-state index in [1.54, 1.807) is 0 Å². The molecule has 1 aliphatic carbocycles. The van der Waals surface area contributed by atoms with Gasteiger partial charge in [0.15, 0.2) is 11.6 Å². The maximum absolute atomic E-state index is 13.4. The van der Waals surface area contributed by atoms with Gasteiger partial charge in [0, 0.05) is 18.7 Å². The summed E-state index contributed by atoms with van der Waals surface area (Å²) in [5, 5.41) is 2.78. The van der Waals surface area contributed by atoms with Crippen LogP contribution in [-0.4, -0.2) is 0 Å². The Bertz CT molecular complexity index is 618. The standard InChI is InChI=1S/C16H14F3N/c17-13-7-15(19)16(8-14(13)18)20-9-10-1-3-11(4-2-10)12-5-6-12/h1-4,7-8,12,20H,5-6,9H2. The summed E-state index contributed by atoms with van der Waals surface area (Å²) in [5.74, 6) is -2.33. The summed E-state index contributed by atoms with van der Waals surface area (Å²) in [4.78, 5) is 0. The Morgan fingerprint density at radius 2 is 1.55 bits per heavy atom. The fraction of sp³-hybridized carbons (Fsp3) is 0.250. The lowest BCUT2D eigenvalue weighted by Gasteiger charge is -2.09. The van der Waals surface area contributed by atoms with Crippen LogP contribution < -0.4 is 5.32 Å². The maximum Gasteiger partial charge on any atom is 0.161 e. The summed E-state index contributed by atoms with van der Waals surface area (Å²) in [5.41, 5.74) is 2.27. The van der Waals surface area contributed by atoms with E-state index in [1.807, 2.05) is 12.1 Å². The Kier molecular flexibility index (Phi) is 3.38. The Morgan fingerprint density at radius 1 is 0.900 bits per heavy atom. The van der Waals surface area contributed by atoms with Gasteiger partial charge in [0.1, 0.15) is 5.82 Å². The van der Waals surface area contributed by atoms with Crippen LogP contribution in [0.25, 0.3) is 0 Å². The Hall–Kier alpha value is -1.97. The van der Waals surface area contributed by atoms with Gasteiger partial charge in [-0.05, 0) is 29.9 Å². The van der Waals surface area contributed by atoms with Crippen molar-refractivity contribution in [1.82, 2.24) is 0 Å². The van der Waals surface area contributed by atoms with Crippen molar-refractivity contribution in [1.29, 1.82) is 0 Å². The van der Waals surface area contributed by atoms with Crippen molar-refractivity contribution in [2.45, 2.75) is 25.3 Å². The second kappa shape index (κ2) is 5.19. The molecule has 1 saturated carbocycles. The first-order valence-electron chi connectivity index (χ1n) is 6.61. The van der Waals surface area contributed by atoms with Crippen LogP contribution in [0.1, 0.15) is 29.9 Å². The van der Waals surface area contributed by atoms with E-state index in [2.05, 4.69) is 17.4 Å². The van der Waals surface area contributed by atoms with E-state index in [4.69, 9.17) is 0 Å². The minimum Gasteiger partial charge on any atom is -0.379 e. The van der Waals surface area contributed by atoms with Gasteiger partial charge in [0.25, 0.3) is 0 Å². The largest absolute Gasteiger partial charge is 0.379 e. The monoisotopic (exact) mass is 277 g/mol. The third-order valence-corrected chi connectivity index (χ3v) is 3.52. The summed E-state index contributed by atoms with van der Waals surface area (Å²) in [6, 6.07) is 9.46. The molecule has 1 fully saturated rings. The van der Waals surface area contributed by atoms with E-state index >= 15 is 0 Å². The summed E-state index contributed by atoms with van der Waals surface area (Å²) >= 11 is 0. The zero-order chi connectivity index (χ0) is 14.1. The number of halogens is 3. The number of rotatable bonds is 4. The lowest BCUT2D eigenvalue weighted by Crippen LogP contribution is -2.03. The highest BCUT2D eigenvalue weighted by molar-refractivity contribution is 5.46.